The summed E-state index contributed by atoms with van der Waals surface area (Å²) >= 11 is 2.48. The van der Waals surface area contributed by atoms with Gasteiger partial charge < -0.3 is 28.5 Å². The van der Waals surface area contributed by atoms with E-state index in [1.165, 1.54) is 6.42 Å². The largest absolute Gasteiger partial charge is 1.00 e. The molecule has 0 aliphatic rings. The Morgan fingerprint density at radius 1 is 1.33 bits per heavy atom. The topological polar surface area (TPSA) is 0 Å². The highest BCUT2D eigenvalue weighted by Crippen LogP contribution is 2.13. The van der Waals surface area contributed by atoms with Crippen LogP contribution >= 0.6 is 22.6 Å². The third-order valence-corrected chi connectivity index (χ3v) is 3.73. The minimum absolute atomic E-state index is 0. The molecular weight excluding hydrogens is 340 g/mol. The summed E-state index contributed by atoms with van der Waals surface area (Å²) in [5.41, 5.74) is 0. The van der Waals surface area contributed by atoms with Gasteiger partial charge in [0.1, 0.15) is 4.05 Å². The molecule has 0 heterocycles. The molecule has 3 heteroatoms. The van der Waals surface area contributed by atoms with E-state index in [1.807, 2.05) is 0 Å². The average Bonchev–Trinajstić information content (AvgIpc) is 1.62. The summed E-state index contributed by atoms with van der Waals surface area (Å²) in [6.07, 6.45) is 1.25. The smallest absolute Gasteiger partial charge is 0.138 e. The second-order valence-electron chi connectivity index (χ2n) is 2.96. The Morgan fingerprint density at radius 2 is 1.67 bits per heavy atom. The molecule has 0 fully saturated rings. The minimum atomic E-state index is 0. The summed E-state index contributed by atoms with van der Waals surface area (Å²) < 4.78 is 1.82. The van der Waals surface area contributed by atoms with Crippen molar-refractivity contribution in [2.45, 2.75) is 17.4 Å². The molecule has 0 amide bonds. The van der Waals surface area contributed by atoms with E-state index in [-0.39, 0.29) is 24.0 Å². The molecule has 9 heavy (non-hydrogen) atoms. The predicted octanol–water partition coefficient (Wildman–Crippen LogP) is -1.13. The second-order valence-corrected chi connectivity index (χ2v) is 4.40. The van der Waals surface area contributed by atoms with Crippen LogP contribution in [0.2, 0.25) is 0 Å². The van der Waals surface area contributed by atoms with E-state index in [2.05, 4.69) is 50.7 Å². The van der Waals surface area contributed by atoms with Crippen molar-refractivity contribution in [2.75, 3.05) is 21.1 Å². The third kappa shape index (κ3) is 5.84. The maximum absolute atomic E-state index is 2.48. The van der Waals surface area contributed by atoms with Gasteiger partial charge in [-0.25, -0.2) is 0 Å². The molecule has 0 aliphatic heterocycles. The first-order chi connectivity index (χ1) is 3.48. The Kier molecular flexibility index (Phi) is 7.42. The van der Waals surface area contributed by atoms with Gasteiger partial charge in [0.25, 0.3) is 0 Å². The van der Waals surface area contributed by atoms with Gasteiger partial charge in [-0.1, -0.05) is 6.92 Å². The molecule has 0 rings (SSSR count). The number of hydrogen-bond donors (Lipinski definition) is 0. The predicted molar refractivity (Wildman–Crippen MR) is 46.1 cm³/mol. The lowest BCUT2D eigenvalue weighted by molar-refractivity contribution is -0.876. The van der Waals surface area contributed by atoms with Crippen LogP contribution in [0.15, 0.2) is 0 Å². The first-order valence-electron chi connectivity index (χ1n) is 2.93. The lowest BCUT2D eigenvalue weighted by atomic mass is 10.4. The zero-order valence-corrected chi connectivity index (χ0v) is 10.8. The standard InChI is InChI=1S/C6H15IN.HI/c1-5-6(7)8(2,3)4;/h6H,5H2,1-4H3;1H/q+1;/p-1. The van der Waals surface area contributed by atoms with Crippen molar-refractivity contribution in [3.05, 3.63) is 0 Å². The number of nitrogens with zero attached hydrogens (tertiary/aromatic N) is 1. The molecule has 1 atom stereocenters. The zero-order valence-electron chi connectivity index (χ0n) is 6.49. The van der Waals surface area contributed by atoms with Crippen molar-refractivity contribution in [3.8, 4) is 0 Å². The molecule has 0 aromatic heterocycles. The van der Waals surface area contributed by atoms with Crippen molar-refractivity contribution in [3.63, 3.8) is 0 Å². The van der Waals surface area contributed by atoms with Gasteiger partial charge in [-0.05, 0) is 22.6 Å². The summed E-state index contributed by atoms with van der Waals surface area (Å²) in [6, 6.07) is 0. The quantitative estimate of drug-likeness (QED) is 0.255. The van der Waals surface area contributed by atoms with E-state index in [9.17, 15) is 0 Å². The van der Waals surface area contributed by atoms with Crippen LogP contribution in [-0.2, 0) is 0 Å². The molecule has 0 radical (unpaired) electrons. The SMILES string of the molecule is CCC(I)[N+](C)(C)C.[I-]. The fourth-order valence-corrected chi connectivity index (χ4v) is 0.548. The fourth-order valence-electron chi connectivity index (χ4n) is 0.548. The molecular formula is C6H15I2N. The normalized spacial score (nSPS) is 14.3. The van der Waals surface area contributed by atoms with Crippen LogP contribution in [0.3, 0.4) is 0 Å². The van der Waals surface area contributed by atoms with Crippen molar-refractivity contribution in [1.82, 2.24) is 0 Å². The Morgan fingerprint density at radius 3 is 1.67 bits per heavy atom. The van der Waals surface area contributed by atoms with Gasteiger partial charge in [-0.2, -0.15) is 0 Å². The van der Waals surface area contributed by atoms with Crippen LogP contribution < -0.4 is 24.0 Å². The third-order valence-electron chi connectivity index (χ3n) is 1.18. The number of quaternary nitrogens is 1. The van der Waals surface area contributed by atoms with Gasteiger partial charge in [0.2, 0.25) is 0 Å². The maximum Gasteiger partial charge on any atom is 0.138 e. The Balaban J connectivity index is 0. The van der Waals surface area contributed by atoms with Crippen molar-refractivity contribution in [1.29, 1.82) is 0 Å². The molecule has 0 aromatic carbocycles. The van der Waals surface area contributed by atoms with Crippen LogP contribution in [0, 0.1) is 0 Å². The molecule has 1 nitrogen and oxygen atoms in total. The summed E-state index contributed by atoms with van der Waals surface area (Å²) in [7, 11) is 6.67. The monoisotopic (exact) mass is 355 g/mol. The van der Waals surface area contributed by atoms with E-state index in [4.69, 9.17) is 0 Å². The fraction of sp³-hybridized carbons (Fsp3) is 1.00. The van der Waals surface area contributed by atoms with Crippen LogP contribution in [0.1, 0.15) is 13.3 Å². The van der Waals surface area contributed by atoms with E-state index >= 15 is 0 Å². The Labute approximate surface area is 88.9 Å². The first-order valence-corrected chi connectivity index (χ1v) is 4.18. The lowest BCUT2D eigenvalue weighted by Crippen LogP contribution is -3.00. The van der Waals surface area contributed by atoms with Crippen LogP contribution in [0.4, 0.5) is 0 Å². The average molecular weight is 355 g/mol. The molecule has 0 saturated heterocycles. The van der Waals surface area contributed by atoms with Crippen LogP contribution in [-0.4, -0.2) is 29.7 Å². The first kappa shape index (κ1) is 13.0. The summed E-state index contributed by atoms with van der Waals surface area (Å²) in [5, 5.41) is 0. The van der Waals surface area contributed by atoms with E-state index in [0.717, 1.165) is 8.53 Å². The number of halogens is 2. The van der Waals surface area contributed by atoms with E-state index < -0.39 is 0 Å². The summed E-state index contributed by atoms with van der Waals surface area (Å²) in [4.78, 5) is 0. The van der Waals surface area contributed by atoms with Crippen molar-refractivity contribution in [2.24, 2.45) is 0 Å². The number of alkyl halides is 1. The molecule has 0 aliphatic carbocycles. The van der Waals surface area contributed by atoms with Crippen molar-refractivity contribution >= 4 is 22.6 Å². The van der Waals surface area contributed by atoms with Gasteiger partial charge in [-0.15, -0.1) is 0 Å². The Hall–Kier alpha value is 1.42. The van der Waals surface area contributed by atoms with Gasteiger partial charge in [0.15, 0.2) is 0 Å². The van der Waals surface area contributed by atoms with Gasteiger partial charge in [0.05, 0.1) is 21.1 Å². The summed E-state index contributed by atoms with van der Waals surface area (Å²) in [5.74, 6) is 0. The van der Waals surface area contributed by atoms with E-state index in [1.54, 1.807) is 0 Å². The van der Waals surface area contributed by atoms with Crippen molar-refractivity contribution < 1.29 is 28.5 Å². The van der Waals surface area contributed by atoms with Crippen LogP contribution in [0.25, 0.3) is 0 Å². The van der Waals surface area contributed by atoms with Gasteiger partial charge >= 0.3 is 0 Å². The molecule has 0 N–H and O–H groups in total. The molecule has 1 unspecified atom stereocenters. The maximum atomic E-state index is 2.48. The van der Waals surface area contributed by atoms with E-state index in [0.29, 0.717) is 0 Å². The lowest BCUT2D eigenvalue weighted by Gasteiger charge is -2.29. The van der Waals surface area contributed by atoms with Gasteiger partial charge in [0, 0.05) is 6.42 Å². The number of rotatable bonds is 2. The van der Waals surface area contributed by atoms with Crippen LogP contribution in [0.5, 0.6) is 0 Å². The number of hydrogen-bond acceptors (Lipinski definition) is 0. The molecule has 0 saturated carbocycles. The molecule has 0 bridgehead atoms. The molecule has 0 aromatic rings. The highest BCUT2D eigenvalue weighted by molar-refractivity contribution is 14.1. The summed E-state index contributed by atoms with van der Waals surface area (Å²) in [6.45, 7) is 2.22. The second kappa shape index (κ2) is 5.12. The Bertz CT molecular complexity index is 67.9. The highest BCUT2D eigenvalue weighted by atomic mass is 127. The zero-order chi connectivity index (χ0) is 6.78. The molecule has 0 spiro atoms. The highest BCUT2D eigenvalue weighted by Gasteiger charge is 2.16. The molecule has 58 valence electrons. The minimum Gasteiger partial charge on any atom is -1.00 e. The van der Waals surface area contributed by atoms with Gasteiger partial charge in [-0.3, -0.25) is 0 Å².